The maximum absolute atomic E-state index is 2.55. The Balaban J connectivity index is 2.85. The summed E-state index contributed by atoms with van der Waals surface area (Å²) in [5.41, 5.74) is 1.24. The Bertz CT molecular complexity index is 189. The highest BCUT2D eigenvalue weighted by molar-refractivity contribution is 7.21. The predicted octanol–water partition coefficient (Wildman–Crippen LogP) is 2.53. The first-order valence-electron chi connectivity index (χ1n) is 2.87. The number of hydrogen-bond acceptors (Lipinski definition) is 0. The van der Waals surface area contributed by atoms with E-state index < -0.39 is 0 Å². The topological polar surface area (TPSA) is 0 Å². The molecule has 0 aromatic heterocycles. The minimum atomic E-state index is 1.24. The fraction of sp³-hybridized carbons (Fsp3) is 0. The highest BCUT2D eigenvalue weighted by Crippen LogP contribution is 2.01. The Hall–Kier alpha value is -0.610. The van der Waals surface area contributed by atoms with Gasteiger partial charge in [0.05, 0.1) is 0 Å². The SMILES string of the molecule is P/C=C/c1ccccc1. The van der Waals surface area contributed by atoms with Gasteiger partial charge in [-0.15, -0.1) is 9.24 Å². The van der Waals surface area contributed by atoms with E-state index in [1.165, 1.54) is 5.56 Å². The maximum Gasteiger partial charge on any atom is -0.0256 e. The molecule has 1 heteroatoms. The summed E-state index contributed by atoms with van der Waals surface area (Å²) in [6.07, 6.45) is 2.05. The van der Waals surface area contributed by atoms with Crippen LogP contribution in [-0.4, -0.2) is 0 Å². The molecule has 0 aliphatic heterocycles. The van der Waals surface area contributed by atoms with E-state index in [-0.39, 0.29) is 0 Å². The molecule has 0 spiro atoms. The van der Waals surface area contributed by atoms with Gasteiger partial charge in [0.15, 0.2) is 0 Å². The lowest BCUT2D eigenvalue weighted by Crippen LogP contribution is -1.64. The van der Waals surface area contributed by atoms with E-state index >= 15 is 0 Å². The summed E-state index contributed by atoms with van der Waals surface area (Å²) in [4.78, 5) is 0. The molecule has 46 valence electrons. The van der Waals surface area contributed by atoms with Crippen molar-refractivity contribution in [2.45, 2.75) is 0 Å². The van der Waals surface area contributed by atoms with Gasteiger partial charge in [-0.1, -0.05) is 42.2 Å². The molecular formula is C8H9P. The Morgan fingerprint density at radius 2 is 1.78 bits per heavy atom. The van der Waals surface area contributed by atoms with Gasteiger partial charge in [-0.3, -0.25) is 0 Å². The molecule has 0 aliphatic carbocycles. The van der Waals surface area contributed by atoms with Gasteiger partial charge in [0.2, 0.25) is 0 Å². The summed E-state index contributed by atoms with van der Waals surface area (Å²) in [5.74, 6) is 1.95. The lowest BCUT2D eigenvalue weighted by Gasteiger charge is -1.86. The predicted molar refractivity (Wildman–Crippen MR) is 45.2 cm³/mol. The van der Waals surface area contributed by atoms with Crippen LogP contribution in [0.4, 0.5) is 0 Å². The highest BCUT2D eigenvalue weighted by Gasteiger charge is 1.77. The molecule has 1 aromatic rings. The first kappa shape index (κ1) is 6.51. The van der Waals surface area contributed by atoms with Gasteiger partial charge in [0.1, 0.15) is 0 Å². The molecule has 0 heterocycles. The van der Waals surface area contributed by atoms with Crippen LogP contribution in [0.1, 0.15) is 5.56 Å². The van der Waals surface area contributed by atoms with Gasteiger partial charge in [-0.2, -0.15) is 0 Å². The monoisotopic (exact) mass is 136 g/mol. The third kappa shape index (κ3) is 1.99. The molecule has 0 fully saturated rings. The minimum Gasteiger partial charge on any atom is -0.114 e. The van der Waals surface area contributed by atoms with Crippen LogP contribution >= 0.6 is 9.24 Å². The average molecular weight is 136 g/mol. The van der Waals surface area contributed by atoms with Crippen molar-refractivity contribution in [2.75, 3.05) is 0 Å². The number of hydrogen-bond donors (Lipinski definition) is 0. The molecule has 0 amide bonds. The molecule has 1 atom stereocenters. The van der Waals surface area contributed by atoms with E-state index in [1.54, 1.807) is 0 Å². The molecule has 1 aromatic carbocycles. The van der Waals surface area contributed by atoms with E-state index in [9.17, 15) is 0 Å². The molecule has 0 saturated carbocycles. The summed E-state index contributed by atoms with van der Waals surface area (Å²) in [6.45, 7) is 0. The molecule has 0 radical (unpaired) electrons. The van der Waals surface area contributed by atoms with Crippen LogP contribution in [0.15, 0.2) is 36.1 Å². The number of benzene rings is 1. The van der Waals surface area contributed by atoms with Gasteiger partial charge in [-0.25, -0.2) is 0 Å². The van der Waals surface area contributed by atoms with Gasteiger partial charge in [0.25, 0.3) is 0 Å². The van der Waals surface area contributed by atoms with Crippen molar-refractivity contribution in [1.82, 2.24) is 0 Å². The van der Waals surface area contributed by atoms with Crippen molar-refractivity contribution >= 4 is 15.3 Å². The van der Waals surface area contributed by atoms with Gasteiger partial charge >= 0.3 is 0 Å². The van der Waals surface area contributed by atoms with Crippen LogP contribution < -0.4 is 0 Å². The van der Waals surface area contributed by atoms with Crippen molar-refractivity contribution in [3.8, 4) is 0 Å². The summed E-state index contributed by atoms with van der Waals surface area (Å²) in [6, 6.07) is 10.2. The Morgan fingerprint density at radius 1 is 1.11 bits per heavy atom. The second-order valence-electron chi connectivity index (χ2n) is 1.77. The first-order chi connectivity index (χ1) is 4.43. The second kappa shape index (κ2) is 3.42. The standard InChI is InChI=1S/C8H9P/c9-7-6-8-4-2-1-3-5-8/h1-7H,9H2/b7-6+. The van der Waals surface area contributed by atoms with Gasteiger partial charge in [-0.05, 0) is 5.56 Å². The van der Waals surface area contributed by atoms with Crippen molar-refractivity contribution in [3.63, 3.8) is 0 Å². The lowest BCUT2D eigenvalue weighted by atomic mass is 10.2. The average Bonchev–Trinajstić information content (AvgIpc) is 1.91. The Labute approximate surface area is 57.8 Å². The van der Waals surface area contributed by atoms with Gasteiger partial charge in [0, 0.05) is 0 Å². The molecule has 0 aliphatic rings. The van der Waals surface area contributed by atoms with Crippen molar-refractivity contribution in [2.24, 2.45) is 0 Å². The fourth-order valence-electron chi connectivity index (χ4n) is 0.675. The quantitative estimate of drug-likeness (QED) is 0.520. The van der Waals surface area contributed by atoms with Crippen LogP contribution in [-0.2, 0) is 0 Å². The summed E-state index contributed by atoms with van der Waals surface area (Å²) in [7, 11) is 2.55. The van der Waals surface area contributed by atoms with E-state index in [1.807, 2.05) is 30.1 Å². The molecule has 0 N–H and O–H groups in total. The van der Waals surface area contributed by atoms with Crippen LogP contribution in [0.2, 0.25) is 0 Å². The molecule has 1 rings (SSSR count). The zero-order valence-electron chi connectivity index (χ0n) is 5.12. The smallest absolute Gasteiger partial charge is 0.0256 e. The molecule has 0 nitrogen and oxygen atoms in total. The molecular weight excluding hydrogens is 127 g/mol. The van der Waals surface area contributed by atoms with Gasteiger partial charge < -0.3 is 0 Å². The van der Waals surface area contributed by atoms with Crippen LogP contribution in [0.3, 0.4) is 0 Å². The third-order valence-corrected chi connectivity index (χ3v) is 1.28. The zero-order valence-corrected chi connectivity index (χ0v) is 6.27. The minimum absolute atomic E-state index is 1.24. The van der Waals surface area contributed by atoms with E-state index in [0.29, 0.717) is 0 Å². The zero-order chi connectivity index (χ0) is 6.53. The normalized spacial score (nSPS) is 10.3. The molecule has 1 unspecified atom stereocenters. The fourth-order valence-corrected chi connectivity index (χ4v) is 0.897. The second-order valence-corrected chi connectivity index (χ2v) is 2.15. The molecule has 0 saturated heterocycles. The van der Waals surface area contributed by atoms with Crippen molar-refractivity contribution in [3.05, 3.63) is 41.7 Å². The Kier molecular flexibility index (Phi) is 2.48. The lowest BCUT2D eigenvalue weighted by molar-refractivity contribution is 1.67. The summed E-state index contributed by atoms with van der Waals surface area (Å²) in [5, 5.41) is 0. The van der Waals surface area contributed by atoms with E-state index in [2.05, 4.69) is 21.4 Å². The van der Waals surface area contributed by atoms with Crippen LogP contribution in [0.5, 0.6) is 0 Å². The third-order valence-electron chi connectivity index (χ3n) is 1.09. The largest absolute Gasteiger partial charge is 0.114 e. The molecule has 9 heavy (non-hydrogen) atoms. The number of rotatable bonds is 1. The highest BCUT2D eigenvalue weighted by atomic mass is 31.0. The van der Waals surface area contributed by atoms with Crippen LogP contribution in [0.25, 0.3) is 6.08 Å². The molecule has 0 bridgehead atoms. The summed E-state index contributed by atoms with van der Waals surface area (Å²) >= 11 is 0. The summed E-state index contributed by atoms with van der Waals surface area (Å²) < 4.78 is 0. The maximum atomic E-state index is 2.55. The van der Waals surface area contributed by atoms with Crippen molar-refractivity contribution < 1.29 is 0 Å². The first-order valence-corrected chi connectivity index (χ1v) is 3.53. The van der Waals surface area contributed by atoms with E-state index in [0.717, 1.165) is 0 Å². The van der Waals surface area contributed by atoms with E-state index in [4.69, 9.17) is 0 Å². The van der Waals surface area contributed by atoms with Crippen LogP contribution in [0, 0.1) is 0 Å². The Morgan fingerprint density at radius 3 is 2.33 bits per heavy atom. The van der Waals surface area contributed by atoms with Crippen molar-refractivity contribution in [1.29, 1.82) is 0 Å².